The molecule has 0 fully saturated rings. The lowest BCUT2D eigenvalue weighted by molar-refractivity contribution is -0.153. The number of aliphatic hydroxyl groups is 2. The zero-order valence-corrected chi connectivity index (χ0v) is 7.76. The van der Waals surface area contributed by atoms with E-state index in [9.17, 15) is 18.7 Å². The van der Waals surface area contributed by atoms with Crippen LogP contribution in [-0.4, -0.2) is 32.5 Å². The van der Waals surface area contributed by atoms with Gasteiger partial charge in [0.1, 0.15) is 11.9 Å². The number of aromatic hydroxyl groups is 1. The molecule has 1 aromatic rings. The van der Waals surface area contributed by atoms with E-state index in [-0.39, 0.29) is 0 Å². The van der Waals surface area contributed by atoms with Gasteiger partial charge in [0, 0.05) is 11.6 Å². The summed E-state index contributed by atoms with van der Waals surface area (Å²) in [5.74, 6) is -5.35. The molecule has 0 saturated carbocycles. The van der Waals surface area contributed by atoms with Gasteiger partial charge in [-0.25, -0.2) is 13.6 Å². The topological polar surface area (TPSA) is 98.0 Å². The van der Waals surface area contributed by atoms with Crippen molar-refractivity contribution in [2.75, 3.05) is 0 Å². The first-order chi connectivity index (χ1) is 7.34. The first-order valence-corrected chi connectivity index (χ1v) is 4.11. The Labute approximate surface area is 88.2 Å². The van der Waals surface area contributed by atoms with Crippen molar-refractivity contribution in [1.29, 1.82) is 0 Å². The number of aliphatic hydroxyl groups excluding tert-OH is 2. The van der Waals surface area contributed by atoms with Crippen molar-refractivity contribution in [1.82, 2.24) is 0 Å². The summed E-state index contributed by atoms with van der Waals surface area (Å²) in [5, 5.41) is 35.7. The van der Waals surface area contributed by atoms with Crippen LogP contribution in [0.2, 0.25) is 0 Å². The standard InChI is InChI=1S/C9H8F2O5/c10-3-1-4(6(12)5(11)2-3)7(13)8(14)9(15)16/h1-2,7-8,12-14H,(H,15,16). The second-order valence-electron chi connectivity index (χ2n) is 3.05. The van der Waals surface area contributed by atoms with Crippen LogP contribution in [0.1, 0.15) is 11.7 Å². The molecule has 0 aromatic heterocycles. The fourth-order valence-corrected chi connectivity index (χ4v) is 1.12. The third-order valence-corrected chi connectivity index (χ3v) is 1.93. The van der Waals surface area contributed by atoms with Gasteiger partial charge in [0.25, 0.3) is 0 Å². The highest BCUT2D eigenvalue weighted by molar-refractivity contribution is 5.73. The number of carbonyl (C=O) groups is 1. The fourth-order valence-electron chi connectivity index (χ4n) is 1.12. The predicted octanol–water partition coefficient (Wildman–Crippen LogP) is 0.149. The summed E-state index contributed by atoms with van der Waals surface area (Å²) in [5.41, 5.74) is -0.729. The largest absolute Gasteiger partial charge is 0.505 e. The first-order valence-electron chi connectivity index (χ1n) is 4.11. The van der Waals surface area contributed by atoms with Crippen molar-refractivity contribution in [2.24, 2.45) is 0 Å². The Bertz CT molecular complexity index is 421. The van der Waals surface area contributed by atoms with Gasteiger partial charge in [-0.1, -0.05) is 0 Å². The minimum Gasteiger partial charge on any atom is -0.505 e. The smallest absolute Gasteiger partial charge is 0.335 e. The lowest BCUT2D eigenvalue weighted by Crippen LogP contribution is -2.27. The van der Waals surface area contributed by atoms with Crippen molar-refractivity contribution in [2.45, 2.75) is 12.2 Å². The highest BCUT2D eigenvalue weighted by Crippen LogP contribution is 2.30. The summed E-state index contributed by atoms with van der Waals surface area (Å²) in [4.78, 5) is 10.3. The average molecular weight is 234 g/mol. The monoisotopic (exact) mass is 234 g/mol. The van der Waals surface area contributed by atoms with Gasteiger partial charge in [-0.05, 0) is 6.07 Å². The zero-order valence-electron chi connectivity index (χ0n) is 7.76. The number of carboxylic acid groups (broad SMARTS) is 1. The molecule has 0 amide bonds. The normalized spacial score (nSPS) is 14.5. The Morgan fingerprint density at radius 2 is 1.81 bits per heavy atom. The molecule has 1 rings (SSSR count). The van der Waals surface area contributed by atoms with E-state index in [1.807, 2.05) is 0 Å². The molecular weight excluding hydrogens is 226 g/mol. The molecule has 88 valence electrons. The van der Waals surface area contributed by atoms with Gasteiger partial charge in [-0.15, -0.1) is 0 Å². The van der Waals surface area contributed by atoms with E-state index in [0.29, 0.717) is 12.1 Å². The number of rotatable bonds is 3. The molecule has 0 aliphatic rings. The van der Waals surface area contributed by atoms with Gasteiger partial charge in [0.05, 0.1) is 0 Å². The number of aliphatic carboxylic acids is 1. The van der Waals surface area contributed by atoms with Crippen LogP contribution in [0, 0.1) is 11.6 Å². The van der Waals surface area contributed by atoms with Crippen molar-refractivity contribution >= 4 is 5.97 Å². The van der Waals surface area contributed by atoms with Gasteiger partial charge < -0.3 is 20.4 Å². The maximum absolute atomic E-state index is 12.8. The van der Waals surface area contributed by atoms with Crippen LogP contribution in [0.3, 0.4) is 0 Å². The second-order valence-corrected chi connectivity index (χ2v) is 3.05. The van der Waals surface area contributed by atoms with E-state index in [1.165, 1.54) is 0 Å². The summed E-state index contributed by atoms with van der Waals surface area (Å²) in [6.07, 6.45) is -4.41. The van der Waals surface area contributed by atoms with Crippen LogP contribution in [-0.2, 0) is 4.79 Å². The average Bonchev–Trinajstić information content (AvgIpc) is 2.21. The molecule has 2 unspecified atom stereocenters. The van der Waals surface area contributed by atoms with E-state index in [4.69, 9.17) is 15.3 Å². The number of carboxylic acids is 1. The molecule has 0 saturated heterocycles. The first kappa shape index (κ1) is 12.3. The number of phenols is 1. The Morgan fingerprint density at radius 1 is 1.25 bits per heavy atom. The van der Waals surface area contributed by atoms with E-state index < -0.39 is 41.1 Å². The number of benzene rings is 1. The molecule has 0 heterocycles. The summed E-state index contributed by atoms with van der Waals surface area (Å²) in [6, 6.07) is 0.897. The van der Waals surface area contributed by atoms with Crippen LogP contribution in [0.25, 0.3) is 0 Å². The van der Waals surface area contributed by atoms with Gasteiger partial charge in [-0.3, -0.25) is 0 Å². The lowest BCUT2D eigenvalue weighted by atomic mass is 10.0. The highest BCUT2D eigenvalue weighted by atomic mass is 19.1. The van der Waals surface area contributed by atoms with Crippen molar-refractivity contribution < 1.29 is 34.0 Å². The number of hydrogen-bond acceptors (Lipinski definition) is 4. The summed E-state index contributed by atoms with van der Waals surface area (Å²) in [6.45, 7) is 0. The van der Waals surface area contributed by atoms with Crippen LogP contribution < -0.4 is 0 Å². The van der Waals surface area contributed by atoms with Crippen molar-refractivity contribution in [3.63, 3.8) is 0 Å². The van der Waals surface area contributed by atoms with Crippen molar-refractivity contribution in [3.8, 4) is 5.75 Å². The number of phenolic OH excluding ortho intramolecular Hbond substituents is 1. The minimum absolute atomic E-state index is 0.360. The van der Waals surface area contributed by atoms with Gasteiger partial charge >= 0.3 is 5.97 Å². The third kappa shape index (κ3) is 2.26. The van der Waals surface area contributed by atoms with Crippen LogP contribution in [0.15, 0.2) is 12.1 Å². The molecule has 2 atom stereocenters. The third-order valence-electron chi connectivity index (χ3n) is 1.93. The summed E-state index contributed by atoms with van der Waals surface area (Å²) >= 11 is 0. The molecule has 0 spiro atoms. The number of halogens is 2. The van der Waals surface area contributed by atoms with Crippen LogP contribution in [0.5, 0.6) is 5.75 Å². The lowest BCUT2D eigenvalue weighted by Gasteiger charge is -2.15. The number of hydrogen-bond donors (Lipinski definition) is 4. The second kappa shape index (κ2) is 4.42. The molecule has 1 aromatic carbocycles. The Kier molecular flexibility index (Phi) is 3.41. The molecule has 0 aliphatic carbocycles. The fraction of sp³-hybridized carbons (Fsp3) is 0.222. The molecule has 5 nitrogen and oxygen atoms in total. The zero-order chi connectivity index (χ0) is 12.5. The Morgan fingerprint density at radius 3 is 2.31 bits per heavy atom. The summed E-state index contributed by atoms with van der Waals surface area (Å²) in [7, 11) is 0. The van der Waals surface area contributed by atoms with Gasteiger partial charge in [0.2, 0.25) is 0 Å². The molecular formula is C9H8F2O5. The predicted molar refractivity (Wildman–Crippen MR) is 46.6 cm³/mol. The SMILES string of the molecule is O=C(O)C(O)C(O)c1cc(F)cc(F)c1O. The Balaban J connectivity index is 3.17. The van der Waals surface area contributed by atoms with E-state index in [1.54, 1.807) is 0 Å². The van der Waals surface area contributed by atoms with E-state index >= 15 is 0 Å². The maximum Gasteiger partial charge on any atom is 0.335 e. The van der Waals surface area contributed by atoms with Gasteiger partial charge in [-0.2, -0.15) is 0 Å². The maximum atomic E-state index is 12.8. The summed E-state index contributed by atoms with van der Waals surface area (Å²) < 4.78 is 25.6. The molecule has 7 heteroatoms. The van der Waals surface area contributed by atoms with E-state index in [0.717, 1.165) is 0 Å². The van der Waals surface area contributed by atoms with Gasteiger partial charge in [0.15, 0.2) is 17.7 Å². The molecule has 0 radical (unpaired) electrons. The van der Waals surface area contributed by atoms with E-state index in [2.05, 4.69) is 0 Å². The highest BCUT2D eigenvalue weighted by Gasteiger charge is 2.28. The molecule has 16 heavy (non-hydrogen) atoms. The minimum atomic E-state index is -2.29. The van der Waals surface area contributed by atoms with Crippen LogP contribution in [0.4, 0.5) is 8.78 Å². The van der Waals surface area contributed by atoms with Crippen molar-refractivity contribution in [3.05, 3.63) is 29.3 Å². The quantitative estimate of drug-likeness (QED) is 0.596. The molecule has 4 N–H and O–H groups in total. The Hall–Kier alpha value is -1.73. The van der Waals surface area contributed by atoms with Crippen LogP contribution >= 0.6 is 0 Å². The molecule has 0 aliphatic heterocycles. The molecule has 0 bridgehead atoms.